The first-order valence-electron chi connectivity index (χ1n) is 6.85. The Kier molecular flexibility index (Phi) is 5.73. The number of imidazole rings is 1. The summed E-state index contributed by atoms with van der Waals surface area (Å²) < 4.78 is 1.96. The number of amides is 2. The highest BCUT2D eigenvalue weighted by atomic mass is 16.2. The van der Waals surface area contributed by atoms with E-state index < -0.39 is 11.5 Å². The topological polar surface area (TPSA) is 76.0 Å². The largest absolute Gasteiger partial charge is 0.354 e. The van der Waals surface area contributed by atoms with Crippen LogP contribution < -0.4 is 10.6 Å². The molecule has 0 aliphatic rings. The molecule has 0 spiro atoms. The van der Waals surface area contributed by atoms with E-state index in [-0.39, 0.29) is 11.8 Å². The Balaban J connectivity index is 2.23. The van der Waals surface area contributed by atoms with Gasteiger partial charge in [-0.05, 0) is 13.3 Å². The summed E-state index contributed by atoms with van der Waals surface area (Å²) >= 11 is 0. The van der Waals surface area contributed by atoms with Crippen LogP contribution in [0.1, 0.15) is 34.1 Å². The van der Waals surface area contributed by atoms with Gasteiger partial charge >= 0.3 is 0 Å². The van der Waals surface area contributed by atoms with Gasteiger partial charge in [-0.2, -0.15) is 0 Å². The van der Waals surface area contributed by atoms with Gasteiger partial charge < -0.3 is 15.2 Å². The molecule has 2 amide bonds. The quantitative estimate of drug-likeness (QED) is 0.761. The molecule has 0 aliphatic carbocycles. The zero-order valence-electron chi connectivity index (χ0n) is 12.6. The van der Waals surface area contributed by atoms with E-state index in [9.17, 15) is 9.59 Å². The standard InChI is InChI=1S/C14H24N4O2/c1-11(17-13(20)14(2,3)4)12(19)16-6-5-8-18-9-7-15-10-18/h7,9-11H,5-6,8H2,1-4H3,(H,16,19)(H,17,20)/t11-/m0/s1. The molecular weight excluding hydrogens is 256 g/mol. The first-order chi connectivity index (χ1) is 9.30. The van der Waals surface area contributed by atoms with E-state index in [1.54, 1.807) is 19.4 Å². The highest BCUT2D eigenvalue weighted by Gasteiger charge is 2.24. The molecule has 112 valence electrons. The second kappa shape index (κ2) is 7.07. The molecule has 0 aromatic carbocycles. The molecule has 0 saturated carbocycles. The fourth-order valence-corrected chi connectivity index (χ4v) is 1.52. The Morgan fingerprint density at radius 3 is 2.60 bits per heavy atom. The number of hydrogen-bond donors (Lipinski definition) is 2. The van der Waals surface area contributed by atoms with Crippen LogP contribution in [-0.4, -0.2) is 34.0 Å². The van der Waals surface area contributed by atoms with Gasteiger partial charge in [0.1, 0.15) is 6.04 Å². The second-order valence-corrected chi connectivity index (χ2v) is 5.89. The molecule has 1 atom stereocenters. The highest BCUT2D eigenvalue weighted by Crippen LogP contribution is 2.12. The number of carbonyl (C=O) groups is 2. The van der Waals surface area contributed by atoms with Crippen LogP contribution in [0, 0.1) is 5.41 Å². The fraction of sp³-hybridized carbons (Fsp3) is 0.643. The van der Waals surface area contributed by atoms with Crippen molar-refractivity contribution < 1.29 is 9.59 Å². The SMILES string of the molecule is C[C@H](NC(=O)C(C)(C)C)C(=O)NCCCn1ccnc1. The molecule has 0 fully saturated rings. The number of aromatic nitrogens is 2. The van der Waals surface area contributed by atoms with Gasteiger partial charge in [0.05, 0.1) is 6.33 Å². The van der Waals surface area contributed by atoms with Crippen LogP contribution in [0.25, 0.3) is 0 Å². The van der Waals surface area contributed by atoms with Crippen molar-refractivity contribution in [3.63, 3.8) is 0 Å². The zero-order chi connectivity index (χ0) is 15.2. The first kappa shape index (κ1) is 16.2. The molecule has 0 radical (unpaired) electrons. The molecule has 0 bridgehead atoms. The molecule has 1 aromatic heterocycles. The van der Waals surface area contributed by atoms with Crippen LogP contribution in [0.3, 0.4) is 0 Å². The minimum atomic E-state index is -0.519. The second-order valence-electron chi connectivity index (χ2n) is 5.89. The third-order valence-electron chi connectivity index (χ3n) is 2.87. The minimum Gasteiger partial charge on any atom is -0.354 e. The van der Waals surface area contributed by atoms with Crippen molar-refractivity contribution in [1.29, 1.82) is 0 Å². The van der Waals surface area contributed by atoms with E-state index in [2.05, 4.69) is 15.6 Å². The van der Waals surface area contributed by atoms with E-state index >= 15 is 0 Å². The smallest absolute Gasteiger partial charge is 0.242 e. The fourth-order valence-electron chi connectivity index (χ4n) is 1.52. The summed E-state index contributed by atoms with van der Waals surface area (Å²) in [5, 5.41) is 5.52. The lowest BCUT2D eigenvalue weighted by Gasteiger charge is -2.21. The molecule has 1 heterocycles. The molecule has 20 heavy (non-hydrogen) atoms. The summed E-state index contributed by atoms with van der Waals surface area (Å²) in [7, 11) is 0. The van der Waals surface area contributed by atoms with Crippen molar-refractivity contribution in [2.45, 2.75) is 46.7 Å². The third-order valence-corrected chi connectivity index (χ3v) is 2.87. The van der Waals surface area contributed by atoms with Gasteiger partial charge in [0.15, 0.2) is 0 Å². The molecular formula is C14H24N4O2. The lowest BCUT2D eigenvalue weighted by molar-refractivity contribution is -0.133. The molecule has 6 heteroatoms. The number of carbonyl (C=O) groups excluding carboxylic acids is 2. The predicted molar refractivity (Wildman–Crippen MR) is 76.9 cm³/mol. The van der Waals surface area contributed by atoms with Crippen molar-refractivity contribution in [3.05, 3.63) is 18.7 Å². The van der Waals surface area contributed by atoms with Gasteiger partial charge in [0.2, 0.25) is 11.8 Å². The van der Waals surface area contributed by atoms with E-state index in [0.29, 0.717) is 6.54 Å². The van der Waals surface area contributed by atoms with Gasteiger partial charge in [-0.1, -0.05) is 20.8 Å². The number of rotatable bonds is 6. The van der Waals surface area contributed by atoms with E-state index in [4.69, 9.17) is 0 Å². The molecule has 6 nitrogen and oxygen atoms in total. The molecule has 0 aliphatic heterocycles. The number of aryl methyl sites for hydroxylation is 1. The van der Waals surface area contributed by atoms with Crippen LogP contribution in [0.4, 0.5) is 0 Å². The van der Waals surface area contributed by atoms with Crippen molar-refractivity contribution in [3.8, 4) is 0 Å². The van der Waals surface area contributed by atoms with Crippen LogP contribution in [0.15, 0.2) is 18.7 Å². The van der Waals surface area contributed by atoms with E-state index in [1.165, 1.54) is 0 Å². The van der Waals surface area contributed by atoms with Gasteiger partial charge in [0, 0.05) is 30.9 Å². The lowest BCUT2D eigenvalue weighted by atomic mass is 9.95. The lowest BCUT2D eigenvalue weighted by Crippen LogP contribution is -2.48. The maximum absolute atomic E-state index is 11.8. The van der Waals surface area contributed by atoms with Gasteiger partial charge in [-0.25, -0.2) is 4.98 Å². The maximum Gasteiger partial charge on any atom is 0.242 e. The molecule has 1 aromatic rings. The Morgan fingerprint density at radius 1 is 1.35 bits per heavy atom. The minimum absolute atomic E-state index is 0.126. The zero-order valence-corrected chi connectivity index (χ0v) is 12.6. The van der Waals surface area contributed by atoms with E-state index in [1.807, 2.05) is 31.5 Å². The van der Waals surface area contributed by atoms with Crippen LogP contribution >= 0.6 is 0 Å². The third kappa shape index (κ3) is 5.42. The average molecular weight is 280 g/mol. The van der Waals surface area contributed by atoms with Gasteiger partial charge in [-0.15, -0.1) is 0 Å². The monoisotopic (exact) mass is 280 g/mol. The van der Waals surface area contributed by atoms with Crippen molar-refractivity contribution in [2.24, 2.45) is 5.41 Å². The van der Waals surface area contributed by atoms with Crippen LogP contribution in [0.5, 0.6) is 0 Å². The van der Waals surface area contributed by atoms with Crippen molar-refractivity contribution in [2.75, 3.05) is 6.54 Å². The first-order valence-corrected chi connectivity index (χ1v) is 6.85. The number of nitrogens with zero attached hydrogens (tertiary/aromatic N) is 2. The summed E-state index contributed by atoms with van der Waals surface area (Å²) in [6.07, 6.45) is 6.17. The predicted octanol–water partition coefficient (Wildman–Crippen LogP) is 0.940. The summed E-state index contributed by atoms with van der Waals surface area (Å²) in [4.78, 5) is 27.5. The summed E-state index contributed by atoms with van der Waals surface area (Å²) in [5.74, 6) is -0.285. The maximum atomic E-state index is 11.8. The summed E-state index contributed by atoms with van der Waals surface area (Å²) in [6, 6.07) is -0.519. The van der Waals surface area contributed by atoms with Crippen LogP contribution in [-0.2, 0) is 16.1 Å². The number of nitrogens with one attached hydrogen (secondary N) is 2. The molecule has 0 saturated heterocycles. The Morgan fingerprint density at radius 2 is 2.05 bits per heavy atom. The molecule has 1 rings (SSSR count). The highest BCUT2D eigenvalue weighted by molar-refractivity contribution is 5.89. The molecule has 0 unspecified atom stereocenters. The summed E-state index contributed by atoms with van der Waals surface area (Å²) in [5.41, 5.74) is -0.490. The van der Waals surface area contributed by atoms with Crippen LogP contribution in [0.2, 0.25) is 0 Å². The van der Waals surface area contributed by atoms with E-state index in [0.717, 1.165) is 13.0 Å². The van der Waals surface area contributed by atoms with Gasteiger partial charge in [0.25, 0.3) is 0 Å². The Bertz CT molecular complexity index is 435. The average Bonchev–Trinajstić information content (AvgIpc) is 2.86. The summed E-state index contributed by atoms with van der Waals surface area (Å²) in [6.45, 7) is 8.53. The van der Waals surface area contributed by atoms with Gasteiger partial charge in [-0.3, -0.25) is 9.59 Å². The Labute approximate surface area is 120 Å². The van der Waals surface area contributed by atoms with Crippen molar-refractivity contribution >= 4 is 11.8 Å². The normalized spacial score (nSPS) is 12.8. The number of hydrogen-bond acceptors (Lipinski definition) is 3. The van der Waals surface area contributed by atoms with Crippen molar-refractivity contribution in [1.82, 2.24) is 20.2 Å². The Hall–Kier alpha value is -1.85. The molecule has 2 N–H and O–H groups in total.